The normalized spacial score (nSPS) is 21.2. The van der Waals surface area contributed by atoms with E-state index in [0.29, 0.717) is 44.3 Å². The summed E-state index contributed by atoms with van der Waals surface area (Å²) in [4.78, 5) is 44.8. The molecule has 1 N–H and O–H groups in total. The number of imide groups is 1. The van der Waals surface area contributed by atoms with E-state index in [1.165, 1.54) is 18.7 Å². The second kappa shape index (κ2) is 5.23. The van der Waals surface area contributed by atoms with Crippen molar-refractivity contribution in [1.29, 1.82) is 0 Å². The first-order chi connectivity index (χ1) is 10.1. The molecule has 0 bridgehead atoms. The van der Waals surface area contributed by atoms with E-state index in [0.717, 1.165) is 0 Å². The number of piperidine rings is 2. The Morgan fingerprint density at radius 3 is 2.24 bits per heavy atom. The average Bonchev–Trinajstić information content (AvgIpc) is 2.47. The molecule has 0 saturated carbocycles. The third kappa shape index (κ3) is 2.76. The van der Waals surface area contributed by atoms with Crippen LogP contribution in [-0.4, -0.2) is 45.7 Å². The lowest BCUT2D eigenvalue weighted by atomic mass is 9.71. The average molecular weight is 288 g/mol. The number of nitrogens with one attached hydrogen (secondary N) is 1. The molecule has 110 valence electrons. The molecule has 2 saturated heterocycles. The first-order valence-corrected chi connectivity index (χ1v) is 6.95. The zero-order valence-electron chi connectivity index (χ0n) is 11.5. The summed E-state index contributed by atoms with van der Waals surface area (Å²) in [6, 6.07) is 0. The molecule has 0 aromatic carbocycles. The number of aromatic nitrogens is 2. The van der Waals surface area contributed by atoms with Crippen LogP contribution in [0.4, 0.5) is 0 Å². The van der Waals surface area contributed by atoms with Crippen LogP contribution < -0.4 is 5.32 Å². The smallest absolute Gasteiger partial charge is 0.256 e. The van der Waals surface area contributed by atoms with Gasteiger partial charge in [0.25, 0.3) is 5.91 Å². The molecule has 0 atom stereocenters. The van der Waals surface area contributed by atoms with Crippen LogP contribution in [0.3, 0.4) is 0 Å². The fourth-order valence-corrected chi connectivity index (χ4v) is 3.12. The monoisotopic (exact) mass is 288 g/mol. The highest BCUT2D eigenvalue weighted by atomic mass is 16.2. The molecule has 2 aliphatic heterocycles. The van der Waals surface area contributed by atoms with Crippen molar-refractivity contribution in [3.63, 3.8) is 0 Å². The lowest BCUT2D eigenvalue weighted by Gasteiger charge is -2.42. The fraction of sp³-hybridized carbons (Fsp3) is 0.500. The van der Waals surface area contributed by atoms with Gasteiger partial charge in [0.2, 0.25) is 11.8 Å². The van der Waals surface area contributed by atoms with Crippen molar-refractivity contribution >= 4 is 17.7 Å². The summed E-state index contributed by atoms with van der Waals surface area (Å²) in [5.74, 6) is -0.512. The highest BCUT2D eigenvalue weighted by Gasteiger charge is 2.42. The number of hydrogen-bond donors (Lipinski definition) is 1. The van der Waals surface area contributed by atoms with E-state index < -0.39 is 0 Å². The van der Waals surface area contributed by atoms with E-state index in [1.54, 1.807) is 4.90 Å². The lowest BCUT2D eigenvalue weighted by molar-refractivity contribution is -0.139. The van der Waals surface area contributed by atoms with Crippen LogP contribution in [0, 0.1) is 5.41 Å². The van der Waals surface area contributed by atoms with E-state index in [1.807, 2.05) is 0 Å². The zero-order chi connectivity index (χ0) is 14.9. The molecule has 3 amide bonds. The van der Waals surface area contributed by atoms with Crippen molar-refractivity contribution in [3.05, 3.63) is 24.3 Å². The quantitative estimate of drug-likeness (QED) is 0.742. The van der Waals surface area contributed by atoms with Gasteiger partial charge >= 0.3 is 0 Å². The Morgan fingerprint density at radius 2 is 1.67 bits per heavy atom. The van der Waals surface area contributed by atoms with E-state index in [4.69, 9.17) is 0 Å². The van der Waals surface area contributed by atoms with Crippen LogP contribution in [-0.2, 0) is 9.59 Å². The Balaban J connectivity index is 1.66. The van der Waals surface area contributed by atoms with Gasteiger partial charge in [0, 0.05) is 38.3 Å². The molecule has 7 nitrogen and oxygen atoms in total. The van der Waals surface area contributed by atoms with E-state index in [2.05, 4.69) is 15.3 Å². The molecule has 3 heterocycles. The third-order valence-electron chi connectivity index (χ3n) is 4.27. The van der Waals surface area contributed by atoms with Crippen LogP contribution in [0.25, 0.3) is 0 Å². The minimum atomic E-state index is -0.274. The van der Waals surface area contributed by atoms with Crippen molar-refractivity contribution in [2.24, 2.45) is 5.41 Å². The van der Waals surface area contributed by atoms with Crippen LogP contribution in [0.15, 0.2) is 18.7 Å². The number of hydrogen-bond acceptors (Lipinski definition) is 5. The number of likely N-dealkylation sites (tertiary alicyclic amines) is 1. The van der Waals surface area contributed by atoms with Gasteiger partial charge in [0.1, 0.15) is 6.33 Å². The fourth-order valence-electron chi connectivity index (χ4n) is 3.12. The second-order valence-electron chi connectivity index (χ2n) is 5.74. The number of carbonyl (C=O) groups is 3. The van der Waals surface area contributed by atoms with Crippen molar-refractivity contribution in [2.45, 2.75) is 25.7 Å². The van der Waals surface area contributed by atoms with E-state index >= 15 is 0 Å². The molecule has 7 heteroatoms. The van der Waals surface area contributed by atoms with Crippen LogP contribution in [0.1, 0.15) is 36.0 Å². The second-order valence-corrected chi connectivity index (χ2v) is 5.74. The maximum absolute atomic E-state index is 12.3. The highest BCUT2D eigenvalue weighted by molar-refractivity contribution is 5.98. The number of nitrogens with zero attached hydrogens (tertiary/aromatic N) is 3. The topological polar surface area (TPSA) is 92.3 Å². The van der Waals surface area contributed by atoms with Crippen molar-refractivity contribution < 1.29 is 14.4 Å². The molecule has 0 unspecified atom stereocenters. The number of rotatable bonds is 1. The Labute approximate surface area is 121 Å². The first kappa shape index (κ1) is 13.7. The Morgan fingerprint density at radius 1 is 1.10 bits per heavy atom. The molecule has 0 radical (unpaired) electrons. The first-order valence-electron chi connectivity index (χ1n) is 6.95. The largest absolute Gasteiger partial charge is 0.339 e. The maximum Gasteiger partial charge on any atom is 0.256 e. The molecule has 1 aromatic heterocycles. The third-order valence-corrected chi connectivity index (χ3v) is 4.27. The van der Waals surface area contributed by atoms with Gasteiger partial charge in [-0.15, -0.1) is 0 Å². The Bertz CT molecular complexity index is 561. The summed E-state index contributed by atoms with van der Waals surface area (Å²) in [6.45, 7) is 1.10. The van der Waals surface area contributed by atoms with Crippen LogP contribution >= 0.6 is 0 Å². The van der Waals surface area contributed by atoms with Crippen molar-refractivity contribution in [3.8, 4) is 0 Å². The summed E-state index contributed by atoms with van der Waals surface area (Å²) in [5.41, 5.74) is 0.189. The van der Waals surface area contributed by atoms with Crippen molar-refractivity contribution in [1.82, 2.24) is 20.2 Å². The van der Waals surface area contributed by atoms with Gasteiger partial charge in [0.15, 0.2) is 0 Å². The van der Waals surface area contributed by atoms with E-state index in [-0.39, 0.29) is 23.1 Å². The van der Waals surface area contributed by atoms with Gasteiger partial charge in [-0.2, -0.15) is 0 Å². The minimum absolute atomic E-state index is 0.1000. The van der Waals surface area contributed by atoms with Crippen LogP contribution in [0.5, 0.6) is 0 Å². The van der Waals surface area contributed by atoms with Gasteiger partial charge < -0.3 is 4.90 Å². The SMILES string of the molecule is O=C1CC2(CCN(C(=O)c3cncnc3)CC2)CC(=O)N1. The summed E-state index contributed by atoms with van der Waals surface area (Å²) in [5, 5.41) is 2.34. The van der Waals surface area contributed by atoms with Gasteiger partial charge in [-0.3, -0.25) is 19.7 Å². The zero-order valence-corrected chi connectivity index (χ0v) is 11.5. The van der Waals surface area contributed by atoms with Gasteiger partial charge in [-0.1, -0.05) is 0 Å². The molecule has 21 heavy (non-hydrogen) atoms. The molecule has 2 aliphatic rings. The molecular formula is C14H16N4O3. The van der Waals surface area contributed by atoms with Gasteiger partial charge in [0.05, 0.1) is 5.56 Å². The maximum atomic E-state index is 12.3. The number of amides is 3. The molecule has 3 rings (SSSR count). The lowest BCUT2D eigenvalue weighted by Crippen LogP contribution is -2.50. The Kier molecular flexibility index (Phi) is 3.40. The molecule has 2 fully saturated rings. The molecule has 1 aromatic rings. The summed E-state index contributed by atoms with van der Waals surface area (Å²) in [6.07, 6.45) is 6.46. The number of carbonyl (C=O) groups excluding carboxylic acids is 3. The molecule has 1 spiro atoms. The molecular weight excluding hydrogens is 272 g/mol. The molecule has 0 aliphatic carbocycles. The predicted octanol–water partition coefficient (Wildman–Crippen LogP) is 0.136. The van der Waals surface area contributed by atoms with E-state index in [9.17, 15) is 14.4 Å². The van der Waals surface area contributed by atoms with Gasteiger partial charge in [-0.05, 0) is 18.3 Å². The van der Waals surface area contributed by atoms with Gasteiger partial charge in [-0.25, -0.2) is 9.97 Å². The van der Waals surface area contributed by atoms with Crippen LogP contribution in [0.2, 0.25) is 0 Å². The summed E-state index contributed by atoms with van der Waals surface area (Å²) in [7, 11) is 0. The minimum Gasteiger partial charge on any atom is -0.339 e. The van der Waals surface area contributed by atoms with Crippen molar-refractivity contribution in [2.75, 3.05) is 13.1 Å². The summed E-state index contributed by atoms with van der Waals surface area (Å²) >= 11 is 0. The Hall–Kier alpha value is -2.31. The standard InChI is InChI=1S/C14H16N4O3/c19-11-5-14(6-12(20)17-11)1-3-18(4-2-14)13(21)10-7-15-9-16-8-10/h7-9H,1-6H2,(H,17,19,20). The summed E-state index contributed by atoms with van der Waals surface area (Å²) < 4.78 is 0. The predicted molar refractivity (Wildman–Crippen MR) is 72.0 cm³/mol. The highest BCUT2D eigenvalue weighted by Crippen LogP contribution is 2.40.